The van der Waals surface area contributed by atoms with Gasteiger partial charge in [-0.3, -0.25) is 0 Å². The first-order chi connectivity index (χ1) is 9.78. The molecule has 2 aliphatic heterocycles. The highest BCUT2D eigenvalue weighted by Crippen LogP contribution is 2.42. The summed E-state index contributed by atoms with van der Waals surface area (Å²) in [4.78, 5) is -0.0991. The fraction of sp³-hybridized carbons (Fsp3) is 0.500. The van der Waals surface area contributed by atoms with Crippen LogP contribution in [0.3, 0.4) is 0 Å². The van der Waals surface area contributed by atoms with Crippen LogP contribution in [0.2, 0.25) is 0 Å². The van der Waals surface area contributed by atoms with Gasteiger partial charge < -0.3 is 15.2 Å². The number of halogens is 2. The monoisotopic (exact) mass is 320 g/mol. The van der Waals surface area contributed by atoms with Crippen LogP contribution in [0.15, 0.2) is 23.1 Å². The fourth-order valence-corrected chi connectivity index (χ4v) is 3.84. The Morgan fingerprint density at radius 1 is 1.19 bits per heavy atom. The van der Waals surface area contributed by atoms with E-state index in [9.17, 15) is 17.2 Å². The van der Waals surface area contributed by atoms with Crippen LogP contribution in [0.1, 0.15) is 12.8 Å². The van der Waals surface area contributed by atoms with Crippen LogP contribution in [0.5, 0.6) is 11.5 Å². The Morgan fingerprint density at radius 3 is 2.48 bits per heavy atom. The maximum absolute atomic E-state index is 12.9. The van der Waals surface area contributed by atoms with E-state index in [1.165, 1.54) is 16.4 Å². The summed E-state index contributed by atoms with van der Waals surface area (Å²) in [6, 6.07) is 3.44. The molecule has 1 aromatic carbocycles. The lowest BCUT2D eigenvalue weighted by atomic mass is 10.1. The smallest absolute Gasteiger partial charge is 0.395 e. The molecule has 2 N–H and O–H groups in total. The minimum atomic E-state index is -3.76. The number of nitrogens with two attached hydrogens (primary N) is 1. The van der Waals surface area contributed by atoms with E-state index in [0.29, 0.717) is 25.9 Å². The molecule has 2 heterocycles. The molecule has 1 fully saturated rings. The number of sulfonamides is 1. The summed E-state index contributed by atoms with van der Waals surface area (Å²) >= 11 is 0. The second-order valence-electron chi connectivity index (χ2n) is 5.02. The summed E-state index contributed by atoms with van der Waals surface area (Å²) in [5, 5.41) is 0. The average Bonchev–Trinajstić information content (AvgIpc) is 2.71. The number of alkyl halides is 2. The van der Waals surface area contributed by atoms with E-state index < -0.39 is 16.3 Å². The van der Waals surface area contributed by atoms with E-state index >= 15 is 0 Å². The summed E-state index contributed by atoms with van der Waals surface area (Å²) in [7, 11) is -3.75. The van der Waals surface area contributed by atoms with Crippen LogP contribution in [0.25, 0.3) is 0 Å². The van der Waals surface area contributed by atoms with Crippen molar-refractivity contribution in [1.82, 2.24) is 4.31 Å². The molecule has 0 spiro atoms. The summed E-state index contributed by atoms with van der Waals surface area (Å²) in [6.45, 7) is 0.627. The predicted octanol–water partition coefficient (Wildman–Crippen LogP) is 1.12. The van der Waals surface area contributed by atoms with Gasteiger partial charge >= 0.3 is 6.29 Å². The van der Waals surface area contributed by atoms with Gasteiger partial charge in [0.2, 0.25) is 10.0 Å². The van der Waals surface area contributed by atoms with Gasteiger partial charge in [-0.05, 0) is 25.0 Å². The molecule has 2 aliphatic rings. The molecule has 0 unspecified atom stereocenters. The Hall–Kier alpha value is -1.45. The van der Waals surface area contributed by atoms with E-state index in [0.717, 1.165) is 6.07 Å². The molecule has 0 aromatic heterocycles. The number of fused-ring (bicyclic) bond motifs is 1. The summed E-state index contributed by atoms with van der Waals surface area (Å²) in [6.07, 6.45) is -2.62. The molecule has 21 heavy (non-hydrogen) atoms. The summed E-state index contributed by atoms with van der Waals surface area (Å²) in [5.74, 6) is -0.464. The molecule has 9 heteroatoms. The van der Waals surface area contributed by atoms with Gasteiger partial charge in [0.1, 0.15) is 0 Å². The molecular formula is C12H14F2N2O4S. The van der Waals surface area contributed by atoms with Crippen LogP contribution in [0.4, 0.5) is 8.78 Å². The highest BCUT2D eigenvalue weighted by molar-refractivity contribution is 7.89. The Balaban J connectivity index is 1.88. The number of rotatable bonds is 2. The number of hydrogen-bond acceptors (Lipinski definition) is 5. The zero-order valence-corrected chi connectivity index (χ0v) is 11.8. The third-order valence-corrected chi connectivity index (χ3v) is 5.40. The normalized spacial score (nSPS) is 22.4. The van der Waals surface area contributed by atoms with Gasteiger partial charge in [0.25, 0.3) is 0 Å². The van der Waals surface area contributed by atoms with Crippen molar-refractivity contribution in [3.05, 3.63) is 18.2 Å². The number of ether oxygens (including phenoxy) is 2. The van der Waals surface area contributed by atoms with E-state index in [2.05, 4.69) is 9.47 Å². The van der Waals surface area contributed by atoms with Gasteiger partial charge in [-0.25, -0.2) is 8.42 Å². The predicted molar refractivity (Wildman–Crippen MR) is 68.6 cm³/mol. The SMILES string of the molecule is NC1CCN(S(=O)(=O)c2ccc3c(c2)OC(F)(F)O3)CC1. The standard InChI is InChI=1S/C12H14F2N2O4S/c13-12(14)19-10-2-1-9(7-11(10)20-12)21(17,18)16-5-3-8(15)4-6-16/h1-2,7-8H,3-6,15H2. The van der Waals surface area contributed by atoms with Crippen molar-refractivity contribution in [3.8, 4) is 11.5 Å². The third-order valence-electron chi connectivity index (χ3n) is 3.51. The molecule has 116 valence electrons. The van der Waals surface area contributed by atoms with Crippen LogP contribution >= 0.6 is 0 Å². The maximum Gasteiger partial charge on any atom is 0.586 e. The molecule has 1 saturated heterocycles. The Labute approximate surface area is 120 Å². The van der Waals surface area contributed by atoms with Crippen molar-refractivity contribution < 1.29 is 26.7 Å². The highest BCUT2D eigenvalue weighted by Gasteiger charge is 2.44. The first kappa shape index (κ1) is 14.5. The Bertz CT molecular complexity index is 657. The second kappa shape index (κ2) is 4.79. The van der Waals surface area contributed by atoms with Crippen molar-refractivity contribution in [1.29, 1.82) is 0 Å². The van der Waals surface area contributed by atoms with Crippen molar-refractivity contribution >= 4 is 10.0 Å². The number of piperidine rings is 1. The molecule has 0 aliphatic carbocycles. The largest absolute Gasteiger partial charge is 0.586 e. The van der Waals surface area contributed by atoms with Gasteiger partial charge in [0.15, 0.2) is 11.5 Å². The molecule has 3 rings (SSSR count). The van der Waals surface area contributed by atoms with Crippen LogP contribution < -0.4 is 15.2 Å². The third kappa shape index (κ3) is 2.68. The molecule has 0 amide bonds. The lowest BCUT2D eigenvalue weighted by molar-refractivity contribution is -0.286. The van der Waals surface area contributed by atoms with Gasteiger partial charge in [-0.15, -0.1) is 8.78 Å². The summed E-state index contributed by atoms with van der Waals surface area (Å²) in [5.41, 5.74) is 5.74. The fourth-order valence-electron chi connectivity index (χ4n) is 2.35. The lowest BCUT2D eigenvalue weighted by Gasteiger charge is -2.29. The van der Waals surface area contributed by atoms with Crippen LogP contribution in [-0.4, -0.2) is 38.1 Å². The number of hydrogen-bond donors (Lipinski definition) is 1. The van der Waals surface area contributed by atoms with Gasteiger partial charge in [-0.2, -0.15) is 4.31 Å². The quantitative estimate of drug-likeness (QED) is 0.883. The van der Waals surface area contributed by atoms with E-state index in [4.69, 9.17) is 5.73 Å². The molecular weight excluding hydrogens is 306 g/mol. The van der Waals surface area contributed by atoms with Crippen LogP contribution in [0, 0.1) is 0 Å². The molecule has 1 aromatic rings. The number of benzene rings is 1. The minimum absolute atomic E-state index is 0.00750. The number of nitrogens with zero attached hydrogens (tertiary/aromatic N) is 1. The topological polar surface area (TPSA) is 81.9 Å². The molecule has 0 atom stereocenters. The lowest BCUT2D eigenvalue weighted by Crippen LogP contribution is -2.42. The second-order valence-corrected chi connectivity index (χ2v) is 6.96. The Kier molecular flexibility index (Phi) is 3.30. The van der Waals surface area contributed by atoms with E-state index in [1.54, 1.807) is 0 Å². The average molecular weight is 320 g/mol. The summed E-state index contributed by atoms with van der Waals surface area (Å²) < 4.78 is 60.6. The zero-order valence-electron chi connectivity index (χ0n) is 11.0. The molecule has 0 radical (unpaired) electrons. The first-order valence-corrected chi connectivity index (χ1v) is 7.87. The molecule has 6 nitrogen and oxygen atoms in total. The molecule has 0 bridgehead atoms. The van der Waals surface area contributed by atoms with E-state index in [-0.39, 0.29) is 22.4 Å². The van der Waals surface area contributed by atoms with Crippen molar-refractivity contribution in [2.45, 2.75) is 30.1 Å². The van der Waals surface area contributed by atoms with Gasteiger partial charge in [-0.1, -0.05) is 0 Å². The van der Waals surface area contributed by atoms with Crippen molar-refractivity contribution in [2.24, 2.45) is 5.73 Å². The van der Waals surface area contributed by atoms with E-state index in [1.807, 2.05) is 0 Å². The van der Waals surface area contributed by atoms with Crippen LogP contribution in [-0.2, 0) is 10.0 Å². The minimum Gasteiger partial charge on any atom is -0.395 e. The highest BCUT2D eigenvalue weighted by atomic mass is 32.2. The Morgan fingerprint density at radius 2 is 1.81 bits per heavy atom. The van der Waals surface area contributed by atoms with Crippen molar-refractivity contribution in [2.75, 3.05) is 13.1 Å². The molecule has 0 saturated carbocycles. The van der Waals surface area contributed by atoms with Crippen molar-refractivity contribution in [3.63, 3.8) is 0 Å². The van der Waals surface area contributed by atoms with Gasteiger partial charge in [0.05, 0.1) is 4.90 Å². The van der Waals surface area contributed by atoms with Gasteiger partial charge in [0, 0.05) is 25.2 Å². The zero-order chi connectivity index (χ0) is 15.3. The maximum atomic E-state index is 12.9. The first-order valence-electron chi connectivity index (χ1n) is 6.43.